The summed E-state index contributed by atoms with van der Waals surface area (Å²) in [5, 5.41) is 10.2. The van der Waals surface area contributed by atoms with Crippen LogP contribution < -0.4 is 5.73 Å². The lowest BCUT2D eigenvalue weighted by atomic mass is 9.71. The molecule has 0 radical (unpaired) electrons. The highest BCUT2D eigenvalue weighted by Gasteiger charge is 2.43. The maximum Gasteiger partial charge on any atom is 0.0820 e. The molecule has 0 bridgehead atoms. The molecule has 0 aromatic carbocycles. The van der Waals surface area contributed by atoms with E-state index < -0.39 is 11.1 Å². The van der Waals surface area contributed by atoms with E-state index >= 15 is 0 Å². The van der Waals surface area contributed by atoms with E-state index in [0.717, 1.165) is 0 Å². The molecule has 0 fully saturated rings. The van der Waals surface area contributed by atoms with E-state index in [1.807, 2.05) is 20.8 Å². The highest BCUT2D eigenvalue weighted by Crippen LogP contribution is 2.32. The minimum atomic E-state index is -0.721. The second kappa shape index (κ2) is 3.75. The SMILES string of the molecule is CCC(O)(CC)C(C)(N)C(C)C. The van der Waals surface area contributed by atoms with E-state index in [9.17, 15) is 5.11 Å². The molecule has 0 aromatic rings. The summed E-state index contributed by atoms with van der Waals surface area (Å²) in [6.45, 7) is 10.0. The zero-order valence-corrected chi connectivity index (χ0v) is 9.02. The first kappa shape index (κ1) is 11.9. The minimum absolute atomic E-state index is 0.294. The Labute approximate surface area is 76.2 Å². The summed E-state index contributed by atoms with van der Waals surface area (Å²) >= 11 is 0. The lowest BCUT2D eigenvalue weighted by molar-refractivity contribution is -0.0540. The van der Waals surface area contributed by atoms with Crippen molar-refractivity contribution in [2.24, 2.45) is 11.7 Å². The molecule has 0 saturated carbocycles. The van der Waals surface area contributed by atoms with Gasteiger partial charge >= 0.3 is 0 Å². The third-order valence-corrected chi connectivity index (χ3v) is 3.37. The summed E-state index contributed by atoms with van der Waals surface area (Å²) in [6.07, 6.45) is 1.43. The number of nitrogens with two attached hydrogens (primary N) is 1. The van der Waals surface area contributed by atoms with Crippen LogP contribution >= 0.6 is 0 Å². The number of rotatable bonds is 4. The number of aliphatic hydroxyl groups is 1. The van der Waals surface area contributed by atoms with Gasteiger partial charge in [0.1, 0.15) is 0 Å². The van der Waals surface area contributed by atoms with Crippen LogP contribution in [0.1, 0.15) is 47.5 Å². The van der Waals surface area contributed by atoms with Gasteiger partial charge in [0.15, 0.2) is 0 Å². The number of hydrogen-bond donors (Lipinski definition) is 2. The van der Waals surface area contributed by atoms with Gasteiger partial charge in [-0.25, -0.2) is 0 Å². The van der Waals surface area contributed by atoms with E-state index in [4.69, 9.17) is 5.73 Å². The smallest absolute Gasteiger partial charge is 0.0820 e. The zero-order chi connectivity index (χ0) is 9.99. The fourth-order valence-electron chi connectivity index (χ4n) is 1.55. The Balaban J connectivity index is 4.70. The van der Waals surface area contributed by atoms with Crippen molar-refractivity contribution in [3.05, 3.63) is 0 Å². The third-order valence-electron chi connectivity index (χ3n) is 3.37. The molecule has 0 aliphatic carbocycles. The van der Waals surface area contributed by atoms with Gasteiger partial charge in [-0.15, -0.1) is 0 Å². The number of hydrogen-bond acceptors (Lipinski definition) is 2. The Morgan fingerprint density at radius 1 is 1.25 bits per heavy atom. The summed E-state index contributed by atoms with van der Waals surface area (Å²) in [7, 11) is 0. The Morgan fingerprint density at radius 3 is 1.67 bits per heavy atom. The molecule has 3 N–H and O–H groups in total. The monoisotopic (exact) mass is 173 g/mol. The molecule has 0 aliphatic heterocycles. The molecule has 0 saturated heterocycles. The Bertz CT molecular complexity index is 134. The van der Waals surface area contributed by atoms with Gasteiger partial charge < -0.3 is 10.8 Å². The van der Waals surface area contributed by atoms with Crippen LogP contribution in [-0.4, -0.2) is 16.2 Å². The van der Waals surface area contributed by atoms with E-state index in [1.54, 1.807) is 0 Å². The minimum Gasteiger partial charge on any atom is -0.388 e. The van der Waals surface area contributed by atoms with Gasteiger partial charge in [0.2, 0.25) is 0 Å². The largest absolute Gasteiger partial charge is 0.388 e. The van der Waals surface area contributed by atoms with Crippen LogP contribution in [0, 0.1) is 5.92 Å². The summed E-state index contributed by atoms with van der Waals surface area (Å²) < 4.78 is 0. The van der Waals surface area contributed by atoms with Crippen molar-refractivity contribution >= 4 is 0 Å². The maximum absolute atomic E-state index is 10.2. The summed E-state index contributed by atoms with van der Waals surface area (Å²) in [5.74, 6) is 0.294. The average molecular weight is 173 g/mol. The molecule has 0 amide bonds. The predicted octanol–water partition coefficient (Wildman–Crippen LogP) is 1.91. The molecule has 0 heterocycles. The van der Waals surface area contributed by atoms with Crippen molar-refractivity contribution in [3.8, 4) is 0 Å². The molecule has 2 nitrogen and oxygen atoms in total. The molecule has 0 spiro atoms. The second-order valence-electron chi connectivity index (χ2n) is 4.18. The normalized spacial score (nSPS) is 18.0. The van der Waals surface area contributed by atoms with Gasteiger partial charge in [-0.1, -0.05) is 27.7 Å². The van der Waals surface area contributed by atoms with Crippen molar-refractivity contribution in [2.75, 3.05) is 0 Å². The zero-order valence-electron chi connectivity index (χ0n) is 9.02. The first-order valence-electron chi connectivity index (χ1n) is 4.83. The molecule has 0 aromatic heterocycles. The molecule has 0 rings (SSSR count). The van der Waals surface area contributed by atoms with Gasteiger partial charge in [0, 0.05) is 5.54 Å². The fourth-order valence-corrected chi connectivity index (χ4v) is 1.55. The Kier molecular flexibility index (Phi) is 3.73. The molecule has 12 heavy (non-hydrogen) atoms. The standard InChI is InChI=1S/C10H23NO/c1-6-10(12,7-2)9(5,11)8(3)4/h8,12H,6-7,11H2,1-5H3. The van der Waals surface area contributed by atoms with E-state index in [0.29, 0.717) is 18.8 Å². The molecule has 1 unspecified atom stereocenters. The van der Waals surface area contributed by atoms with Gasteiger partial charge in [-0.3, -0.25) is 0 Å². The molecule has 0 aliphatic rings. The lowest BCUT2D eigenvalue weighted by Gasteiger charge is -2.44. The van der Waals surface area contributed by atoms with E-state index in [2.05, 4.69) is 13.8 Å². The van der Waals surface area contributed by atoms with Crippen molar-refractivity contribution in [1.29, 1.82) is 0 Å². The fraction of sp³-hybridized carbons (Fsp3) is 1.00. The van der Waals surface area contributed by atoms with Crippen LogP contribution in [0.3, 0.4) is 0 Å². The molecular formula is C10H23NO. The maximum atomic E-state index is 10.2. The topological polar surface area (TPSA) is 46.2 Å². The van der Waals surface area contributed by atoms with Crippen LogP contribution in [0.4, 0.5) is 0 Å². The van der Waals surface area contributed by atoms with Crippen LogP contribution in [0.2, 0.25) is 0 Å². The highest BCUT2D eigenvalue weighted by molar-refractivity contribution is 5.00. The van der Waals surface area contributed by atoms with Crippen LogP contribution in [0.5, 0.6) is 0 Å². The van der Waals surface area contributed by atoms with Crippen molar-refractivity contribution in [3.63, 3.8) is 0 Å². The lowest BCUT2D eigenvalue weighted by Crippen LogP contribution is -2.61. The van der Waals surface area contributed by atoms with E-state index in [-0.39, 0.29) is 0 Å². The molecule has 1 atom stereocenters. The first-order valence-corrected chi connectivity index (χ1v) is 4.83. The second-order valence-corrected chi connectivity index (χ2v) is 4.18. The summed E-state index contributed by atoms with van der Waals surface area (Å²) in [5.41, 5.74) is 4.90. The van der Waals surface area contributed by atoms with Gasteiger partial charge in [0.05, 0.1) is 5.60 Å². The molecule has 74 valence electrons. The average Bonchev–Trinajstić information content (AvgIpc) is 2.02. The van der Waals surface area contributed by atoms with E-state index in [1.165, 1.54) is 0 Å². The Hall–Kier alpha value is -0.0800. The van der Waals surface area contributed by atoms with Crippen LogP contribution in [-0.2, 0) is 0 Å². The van der Waals surface area contributed by atoms with Crippen LogP contribution in [0.15, 0.2) is 0 Å². The van der Waals surface area contributed by atoms with Crippen molar-refractivity contribution < 1.29 is 5.11 Å². The molecule has 2 heteroatoms. The van der Waals surface area contributed by atoms with Crippen molar-refractivity contribution in [1.82, 2.24) is 0 Å². The van der Waals surface area contributed by atoms with Gasteiger partial charge in [-0.05, 0) is 25.7 Å². The van der Waals surface area contributed by atoms with Crippen molar-refractivity contribution in [2.45, 2.75) is 58.6 Å². The summed E-state index contributed by atoms with van der Waals surface area (Å²) in [6, 6.07) is 0. The third kappa shape index (κ3) is 1.80. The van der Waals surface area contributed by atoms with Gasteiger partial charge in [-0.2, -0.15) is 0 Å². The predicted molar refractivity (Wildman–Crippen MR) is 53.0 cm³/mol. The summed E-state index contributed by atoms with van der Waals surface area (Å²) in [4.78, 5) is 0. The van der Waals surface area contributed by atoms with Gasteiger partial charge in [0.25, 0.3) is 0 Å². The van der Waals surface area contributed by atoms with Crippen LogP contribution in [0.25, 0.3) is 0 Å². The quantitative estimate of drug-likeness (QED) is 0.682. The molecular weight excluding hydrogens is 150 g/mol. The highest BCUT2D eigenvalue weighted by atomic mass is 16.3. The Morgan fingerprint density at radius 2 is 1.58 bits per heavy atom. The first-order chi connectivity index (χ1) is 5.31.